The van der Waals surface area contributed by atoms with Gasteiger partial charge in [-0.15, -0.1) is 11.3 Å². The molecule has 0 atom stereocenters. The number of rotatable bonds is 5. The summed E-state index contributed by atoms with van der Waals surface area (Å²) < 4.78 is 80.7. The predicted molar refractivity (Wildman–Crippen MR) is 115 cm³/mol. The molecule has 0 unspecified atom stereocenters. The highest BCUT2D eigenvalue weighted by Crippen LogP contribution is 2.38. The highest BCUT2D eigenvalue weighted by Gasteiger charge is 2.33. The molecule has 1 heterocycles. The number of hydrogen-bond donors (Lipinski definition) is 0. The Balaban J connectivity index is 1.97. The largest absolute Gasteiger partial charge is 0.446 e. The van der Waals surface area contributed by atoms with Crippen molar-refractivity contribution in [3.8, 4) is 0 Å². The quantitative estimate of drug-likeness (QED) is 0.267. The first-order valence-corrected chi connectivity index (χ1v) is 11.1. The smallest absolute Gasteiger partial charge is 0.294 e. The summed E-state index contributed by atoms with van der Waals surface area (Å²) in [6, 6.07) is 3.89. The Bertz CT molecular complexity index is 1220. The number of carbonyl (C=O) groups excluding carboxylic acids is 2. The number of thioether (sulfide) groups is 1. The minimum Gasteiger partial charge on any atom is -0.294 e. The van der Waals surface area contributed by atoms with E-state index in [1.807, 2.05) is 0 Å². The zero-order valence-electron chi connectivity index (χ0n) is 16.9. The monoisotopic (exact) mass is 539 g/mol. The Hall–Kier alpha value is -2.77. The van der Waals surface area contributed by atoms with Crippen LogP contribution in [0, 0.1) is 17.5 Å². The van der Waals surface area contributed by atoms with Crippen molar-refractivity contribution in [3.63, 3.8) is 0 Å². The normalized spacial score (nSPS) is 11.4. The lowest BCUT2D eigenvalue weighted by molar-refractivity contribution is -0.0328. The van der Waals surface area contributed by atoms with E-state index in [9.17, 15) is 35.9 Å². The molecule has 3 rings (SSSR count). The van der Waals surface area contributed by atoms with Crippen molar-refractivity contribution < 1.29 is 35.9 Å². The second-order valence-corrected chi connectivity index (χ2v) is 9.41. The van der Waals surface area contributed by atoms with E-state index in [1.54, 1.807) is 0 Å². The second-order valence-electron chi connectivity index (χ2n) is 6.57. The van der Waals surface area contributed by atoms with Crippen molar-refractivity contribution in [2.75, 3.05) is 11.9 Å². The minimum absolute atomic E-state index is 0.0732. The van der Waals surface area contributed by atoms with Crippen molar-refractivity contribution in [1.29, 1.82) is 0 Å². The van der Waals surface area contributed by atoms with E-state index in [-0.39, 0.29) is 9.34 Å². The van der Waals surface area contributed by atoms with Gasteiger partial charge in [-0.05, 0) is 42.1 Å². The fourth-order valence-corrected chi connectivity index (χ4v) is 4.35. The molecule has 0 spiro atoms. The van der Waals surface area contributed by atoms with Crippen LogP contribution in [0.5, 0.6) is 0 Å². The first-order chi connectivity index (χ1) is 15.9. The Morgan fingerprint density at radius 1 is 1.09 bits per heavy atom. The molecule has 0 saturated heterocycles. The number of imide groups is 1. The van der Waals surface area contributed by atoms with E-state index in [4.69, 9.17) is 11.6 Å². The van der Waals surface area contributed by atoms with Crippen molar-refractivity contribution in [3.05, 3.63) is 75.0 Å². The maximum atomic E-state index is 14.6. The molecule has 0 aliphatic carbocycles. The average Bonchev–Trinajstić information content (AvgIpc) is 3.14. The molecule has 180 valence electrons. The number of anilines is 1. The molecule has 1 aromatic heterocycles. The van der Waals surface area contributed by atoms with Crippen LogP contribution in [0.15, 0.2) is 47.5 Å². The first kappa shape index (κ1) is 25.8. The summed E-state index contributed by atoms with van der Waals surface area (Å²) in [6.07, 6.45) is 1.24. The maximum absolute atomic E-state index is 14.6. The highest BCUT2D eigenvalue weighted by atomic mass is 35.5. The van der Waals surface area contributed by atoms with E-state index < -0.39 is 69.4 Å². The molecule has 5 nitrogen and oxygen atoms in total. The number of halogens is 7. The second kappa shape index (κ2) is 10.2. The van der Waals surface area contributed by atoms with Gasteiger partial charge in [0.05, 0.1) is 12.2 Å². The SMILES string of the molecule is CN(C(=O)N(Cc1cnc(Cl)s1)C(=O)c1c(F)cccc1F)c1ccc(SC(F)(F)F)cc1F. The van der Waals surface area contributed by atoms with Crippen LogP contribution in [0.4, 0.5) is 36.8 Å². The third kappa shape index (κ3) is 6.02. The lowest BCUT2D eigenvalue weighted by Gasteiger charge is -2.27. The summed E-state index contributed by atoms with van der Waals surface area (Å²) in [5.74, 6) is -5.00. The molecule has 3 amide bonds. The van der Waals surface area contributed by atoms with Crippen LogP contribution in [0.2, 0.25) is 4.47 Å². The number of aromatic nitrogens is 1. The van der Waals surface area contributed by atoms with Crippen LogP contribution in [-0.4, -0.2) is 34.4 Å². The van der Waals surface area contributed by atoms with Crippen LogP contribution >= 0.6 is 34.7 Å². The molecule has 3 aromatic rings. The van der Waals surface area contributed by atoms with Crippen LogP contribution < -0.4 is 4.90 Å². The minimum atomic E-state index is -4.65. The molecule has 0 radical (unpaired) electrons. The van der Waals surface area contributed by atoms with Gasteiger partial charge < -0.3 is 0 Å². The van der Waals surface area contributed by atoms with Gasteiger partial charge in [0.1, 0.15) is 23.0 Å². The van der Waals surface area contributed by atoms with Crippen LogP contribution in [0.3, 0.4) is 0 Å². The molecule has 2 aromatic carbocycles. The van der Waals surface area contributed by atoms with Gasteiger partial charge >= 0.3 is 11.5 Å². The van der Waals surface area contributed by atoms with Gasteiger partial charge in [-0.3, -0.25) is 14.6 Å². The Kier molecular flexibility index (Phi) is 7.78. The van der Waals surface area contributed by atoms with Crippen molar-refractivity contribution in [1.82, 2.24) is 9.88 Å². The van der Waals surface area contributed by atoms with Crippen molar-refractivity contribution >= 4 is 52.3 Å². The van der Waals surface area contributed by atoms with Crippen molar-refractivity contribution in [2.24, 2.45) is 0 Å². The molecule has 0 bridgehead atoms. The third-order valence-electron chi connectivity index (χ3n) is 4.29. The number of alkyl halides is 3. The number of benzene rings is 2. The fourth-order valence-electron chi connectivity index (χ4n) is 2.82. The zero-order chi connectivity index (χ0) is 25.2. The molecular weight excluding hydrogens is 528 g/mol. The number of carbonyl (C=O) groups is 2. The molecule has 0 aliphatic heterocycles. The molecule has 34 heavy (non-hydrogen) atoms. The van der Waals surface area contributed by atoms with E-state index in [2.05, 4.69) is 4.98 Å². The topological polar surface area (TPSA) is 53.5 Å². The summed E-state index contributed by atoms with van der Waals surface area (Å²) in [5.41, 5.74) is -6.14. The molecule has 0 fully saturated rings. The van der Waals surface area contributed by atoms with Gasteiger partial charge in [-0.1, -0.05) is 17.7 Å². The molecular formula is C20H12ClF6N3O2S2. The predicted octanol–water partition coefficient (Wildman–Crippen LogP) is 6.72. The van der Waals surface area contributed by atoms with Gasteiger partial charge in [0, 0.05) is 23.0 Å². The summed E-state index contributed by atoms with van der Waals surface area (Å²) in [6.45, 7) is -0.510. The number of nitrogens with zero attached hydrogens (tertiary/aromatic N) is 3. The molecule has 0 saturated carbocycles. The van der Waals surface area contributed by atoms with Gasteiger partial charge in [-0.2, -0.15) is 13.2 Å². The Labute approximate surface area is 201 Å². The first-order valence-electron chi connectivity index (χ1n) is 9.06. The fraction of sp³-hybridized carbons (Fsp3) is 0.150. The number of thiazole rings is 1. The Morgan fingerprint density at radius 3 is 2.26 bits per heavy atom. The standard InChI is InChI=1S/C20H12ClF6N3O2S2/c1-29(15-6-5-10(7-14(15)24)34-20(25,26)27)19(32)30(9-11-8-28-18(21)33-11)17(31)16-12(22)3-2-4-13(16)23/h2-8H,9H2,1H3. The third-order valence-corrected chi connectivity index (χ3v) is 6.11. The average molecular weight is 540 g/mol. The van der Waals surface area contributed by atoms with E-state index in [0.29, 0.717) is 15.9 Å². The van der Waals surface area contributed by atoms with Gasteiger partial charge in [-0.25, -0.2) is 22.9 Å². The highest BCUT2D eigenvalue weighted by molar-refractivity contribution is 8.00. The molecule has 0 aliphatic rings. The Morgan fingerprint density at radius 2 is 1.74 bits per heavy atom. The summed E-state index contributed by atoms with van der Waals surface area (Å²) in [5, 5.41) is 0. The lowest BCUT2D eigenvalue weighted by atomic mass is 10.1. The molecule has 0 N–H and O–H groups in total. The van der Waals surface area contributed by atoms with E-state index in [1.165, 1.54) is 6.20 Å². The zero-order valence-corrected chi connectivity index (χ0v) is 19.3. The maximum Gasteiger partial charge on any atom is 0.446 e. The van der Waals surface area contributed by atoms with E-state index in [0.717, 1.165) is 48.7 Å². The molecule has 14 heteroatoms. The van der Waals surface area contributed by atoms with Crippen LogP contribution in [-0.2, 0) is 6.54 Å². The summed E-state index contributed by atoms with van der Waals surface area (Å²) in [7, 11) is 1.05. The van der Waals surface area contributed by atoms with Gasteiger partial charge in [0.2, 0.25) is 0 Å². The van der Waals surface area contributed by atoms with E-state index >= 15 is 0 Å². The van der Waals surface area contributed by atoms with Gasteiger partial charge in [0.25, 0.3) is 5.91 Å². The van der Waals surface area contributed by atoms with Gasteiger partial charge in [0.15, 0.2) is 4.47 Å². The van der Waals surface area contributed by atoms with Crippen LogP contribution in [0.1, 0.15) is 15.2 Å². The van der Waals surface area contributed by atoms with Crippen LogP contribution in [0.25, 0.3) is 0 Å². The van der Waals surface area contributed by atoms with Crippen molar-refractivity contribution in [2.45, 2.75) is 16.9 Å². The number of amides is 3. The summed E-state index contributed by atoms with van der Waals surface area (Å²) >= 11 is 6.11. The number of urea groups is 1. The lowest BCUT2D eigenvalue weighted by Crippen LogP contribution is -2.45. The number of hydrogen-bond acceptors (Lipinski definition) is 5. The summed E-state index contributed by atoms with van der Waals surface area (Å²) in [4.78, 5) is 30.8.